The first-order chi connectivity index (χ1) is 8.34. The predicted molar refractivity (Wildman–Crippen MR) is 71.5 cm³/mol. The first-order valence-electron chi connectivity index (χ1n) is 6.15. The zero-order chi connectivity index (χ0) is 11.7. The van der Waals surface area contributed by atoms with Gasteiger partial charge < -0.3 is 5.73 Å². The number of hydrogen-bond donors (Lipinski definition) is 1. The Hall–Kier alpha value is -1.67. The molecule has 17 heavy (non-hydrogen) atoms. The van der Waals surface area contributed by atoms with Crippen LogP contribution in [0.4, 0.5) is 0 Å². The minimum absolute atomic E-state index is 0.214. The van der Waals surface area contributed by atoms with Crippen LogP contribution in [-0.4, -0.2) is 11.0 Å². The first kappa shape index (κ1) is 10.5. The molecule has 1 atom stereocenters. The minimum Gasteiger partial charge on any atom is -0.324 e. The van der Waals surface area contributed by atoms with Crippen LogP contribution in [0.3, 0.4) is 0 Å². The molecule has 0 amide bonds. The minimum atomic E-state index is 0.214. The summed E-state index contributed by atoms with van der Waals surface area (Å²) in [5, 5.41) is 1.23. The molecule has 0 saturated carbocycles. The van der Waals surface area contributed by atoms with Crippen molar-refractivity contribution in [3.8, 4) is 0 Å². The molecule has 0 spiro atoms. The van der Waals surface area contributed by atoms with Crippen molar-refractivity contribution >= 4 is 16.5 Å². The molecule has 2 heteroatoms. The summed E-state index contributed by atoms with van der Waals surface area (Å²) in [6.07, 6.45) is 7.47. The van der Waals surface area contributed by atoms with E-state index < -0.39 is 0 Å². The largest absolute Gasteiger partial charge is 0.324 e. The zero-order valence-electron chi connectivity index (χ0n) is 9.76. The van der Waals surface area contributed by atoms with Crippen molar-refractivity contribution in [1.82, 2.24) is 4.98 Å². The lowest BCUT2D eigenvalue weighted by atomic mass is 9.89. The van der Waals surface area contributed by atoms with Gasteiger partial charge in [0.25, 0.3) is 0 Å². The van der Waals surface area contributed by atoms with Crippen LogP contribution in [0.5, 0.6) is 0 Å². The molecule has 2 nitrogen and oxygen atoms in total. The summed E-state index contributed by atoms with van der Waals surface area (Å²) in [5.74, 6) is 0. The Morgan fingerprint density at radius 3 is 3.00 bits per heavy atom. The van der Waals surface area contributed by atoms with Crippen molar-refractivity contribution < 1.29 is 0 Å². The molecular weight excluding hydrogens is 208 g/mol. The highest BCUT2D eigenvalue weighted by atomic mass is 14.6. The fraction of sp³-hybridized carbons (Fsp3) is 0.267. The average Bonchev–Trinajstić information content (AvgIpc) is 2.38. The van der Waals surface area contributed by atoms with Gasteiger partial charge in [0.2, 0.25) is 0 Å². The van der Waals surface area contributed by atoms with Gasteiger partial charge >= 0.3 is 0 Å². The fourth-order valence-corrected chi connectivity index (χ4v) is 2.56. The topological polar surface area (TPSA) is 38.9 Å². The Kier molecular flexibility index (Phi) is 2.65. The molecule has 1 heterocycles. The second kappa shape index (κ2) is 4.30. The Morgan fingerprint density at radius 1 is 1.18 bits per heavy atom. The van der Waals surface area contributed by atoms with Crippen molar-refractivity contribution in [2.75, 3.05) is 0 Å². The van der Waals surface area contributed by atoms with Gasteiger partial charge in [0, 0.05) is 17.6 Å². The van der Waals surface area contributed by atoms with Gasteiger partial charge in [-0.3, -0.25) is 4.98 Å². The van der Waals surface area contributed by atoms with Crippen LogP contribution in [0.25, 0.3) is 16.5 Å². The molecule has 86 valence electrons. The zero-order valence-corrected chi connectivity index (χ0v) is 9.76. The molecule has 3 rings (SSSR count). The van der Waals surface area contributed by atoms with Crippen molar-refractivity contribution in [3.05, 3.63) is 48.2 Å². The van der Waals surface area contributed by atoms with Crippen LogP contribution in [0, 0.1) is 0 Å². The summed E-state index contributed by atoms with van der Waals surface area (Å²) in [5.41, 5.74) is 9.75. The van der Waals surface area contributed by atoms with E-state index >= 15 is 0 Å². The number of allylic oxidation sites excluding steroid dienone is 1. The van der Waals surface area contributed by atoms with E-state index in [0.717, 1.165) is 18.4 Å². The Bertz CT molecular complexity index is 567. The van der Waals surface area contributed by atoms with Crippen LogP contribution in [0.15, 0.2) is 42.6 Å². The van der Waals surface area contributed by atoms with Gasteiger partial charge in [0.05, 0.1) is 5.52 Å². The highest BCUT2D eigenvalue weighted by Crippen LogP contribution is 2.30. The summed E-state index contributed by atoms with van der Waals surface area (Å²) in [6, 6.07) is 10.7. The van der Waals surface area contributed by atoms with Crippen molar-refractivity contribution in [1.29, 1.82) is 0 Å². The van der Waals surface area contributed by atoms with Gasteiger partial charge in [-0.1, -0.05) is 24.3 Å². The second-order valence-corrected chi connectivity index (χ2v) is 4.62. The van der Waals surface area contributed by atoms with Gasteiger partial charge in [-0.25, -0.2) is 0 Å². The first-order valence-corrected chi connectivity index (χ1v) is 6.15. The quantitative estimate of drug-likeness (QED) is 0.808. The lowest BCUT2D eigenvalue weighted by molar-refractivity contribution is 0.655. The summed E-state index contributed by atoms with van der Waals surface area (Å²) >= 11 is 0. The van der Waals surface area contributed by atoms with E-state index in [1.54, 1.807) is 0 Å². The Labute approximate surface area is 101 Å². The van der Waals surface area contributed by atoms with Crippen molar-refractivity contribution in [3.63, 3.8) is 0 Å². The predicted octanol–water partition coefficient (Wildman–Crippen LogP) is 3.13. The lowest BCUT2D eigenvalue weighted by Gasteiger charge is -2.19. The van der Waals surface area contributed by atoms with Crippen molar-refractivity contribution in [2.45, 2.75) is 25.3 Å². The van der Waals surface area contributed by atoms with E-state index in [1.807, 2.05) is 12.3 Å². The number of nitrogens with zero attached hydrogens (tertiary/aromatic N) is 1. The molecule has 1 aromatic carbocycles. The van der Waals surface area contributed by atoms with Gasteiger partial charge in [0.1, 0.15) is 0 Å². The second-order valence-electron chi connectivity index (χ2n) is 4.62. The van der Waals surface area contributed by atoms with Gasteiger partial charge in [-0.2, -0.15) is 0 Å². The fourth-order valence-electron chi connectivity index (χ4n) is 2.56. The number of nitrogens with two attached hydrogens (primary N) is 1. The van der Waals surface area contributed by atoms with Gasteiger partial charge in [-0.05, 0) is 42.5 Å². The summed E-state index contributed by atoms with van der Waals surface area (Å²) in [4.78, 5) is 4.40. The molecule has 0 fully saturated rings. The van der Waals surface area contributed by atoms with Crippen LogP contribution in [0.1, 0.15) is 24.8 Å². The molecule has 1 unspecified atom stereocenters. The molecular formula is C15H16N2. The van der Waals surface area contributed by atoms with E-state index in [0.29, 0.717) is 0 Å². The number of pyridine rings is 1. The van der Waals surface area contributed by atoms with Gasteiger partial charge in [-0.15, -0.1) is 0 Å². The lowest BCUT2D eigenvalue weighted by Crippen LogP contribution is -2.20. The number of fused-ring (bicyclic) bond motifs is 1. The van der Waals surface area contributed by atoms with E-state index in [-0.39, 0.29) is 6.04 Å². The van der Waals surface area contributed by atoms with Crippen LogP contribution < -0.4 is 5.73 Å². The third kappa shape index (κ3) is 1.96. The summed E-state index contributed by atoms with van der Waals surface area (Å²) < 4.78 is 0. The van der Waals surface area contributed by atoms with E-state index in [4.69, 9.17) is 5.73 Å². The number of benzene rings is 1. The smallest absolute Gasteiger partial charge is 0.0708 e. The third-order valence-electron chi connectivity index (χ3n) is 3.39. The molecule has 2 N–H and O–H groups in total. The van der Waals surface area contributed by atoms with E-state index in [1.165, 1.54) is 22.9 Å². The monoisotopic (exact) mass is 224 g/mol. The number of aromatic nitrogens is 1. The summed E-state index contributed by atoms with van der Waals surface area (Å²) in [6.45, 7) is 0. The summed E-state index contributed by atoms with van der Waals surface area (Å²) in [7, 11) is 0. The molecule has 1 aliphatic carbocycles. The molecule has 1 aliphatic rings. The third-order valence-corrected chi connectivity index (χ3v) is 3.39. The number of hydrogen-bond acceptors (Lipinski definition) is 2. The molecule has 0 bridgehead atoms. The average molecular weight is 224 g/mol. The Morgan fingerprint density at radius 2 is 2.12 bits per heavy atom. The molecule has 1 aromatic heterocycles. The standard InChI is InChI=1S/C15H16N2/c16-12-5-1-4-11(10-12)13-6-2-8-15-14(13)7-3-9-17-15/h2-3,6-10,12H,1,4-5,16H2. The highest BCUT2D eigenvalue weighted by molar-refractivity contribution is 5.91. The van der Waals surface area contributed by atoms with Crippen LogP contribution in [-0.2, 0) is 0 Å². The normalized spacial score (nSPS) is 20.3. The molecule has 0 aliphatic heterocycles. The molecule has 0 radical (unpaired) electrons. The van der Waals surface area contributed by atoms with E-state index in [9.17, 15) is 0 Å². The van der Waals surface area contributed by atoms with Crippen LogP contribution in [0.2, 0.25) is 0 Å². The Balaban J connectivity index is 2.17. The van der Waals surface area contributed by atoms with Crippen molar-refractivity contribution in [2.24, 2.45) is 5.73 Å². The maximum Gasteiger partial charge on any atom is 0.0708 e. The van der Waals surface area contributed by atoms with Gasteiger partial charge in [0.15, 0.2) is 0 Å². The maximum absolute atomic E-state index is 6.01. The molecule has 2 aromatic rings. The highest BCUT2D eigenvalue weighted by Gasteiger charge is 2.13. The SMILES string of the molecule is NC1C=C(c2cccc3ncccc23)CCC1. The molecule has 0 saturated heterocycles. The van der Waals surface area contributed by atoms with Crippen LogP contribution >= 0.6 is 0 Å². The maximum atomic E-state index is 6.01. The van der Waals surface area contributed by atoms with E-state index in [2.05, 4.69) is 35.3 Å². The number of rotatable bonds is 1.